The number of halogens is 6. The first-order valence-electron chi connectivity index (χ1n) is 10.3. The first-order valence-corrected chi connectivity index (χ1v) is 10.3. The predicted molar refractivity (Wildman–Crippen MR) is 110 cm³/mol. The van der Waals surface area contributed by atoms with Gasteiger partial charge in [-0.25, -0.2) is 14.6 Å². The number of anilines is 1. The molecule has 1 aromatic rings. The van der Waals surface area contributed by atoms with E-state index in [0.29, 0.717) is 5.92 Å². The maximum Gasteiger partial charge on any atom is 0.490 e. The molecule has 0 amide bonds. The Bertz CT molecular complexity index is 778. The Morgan fingerprint density at radius 1 is 1.14 bits per heavy atom. The maximum absolute atomic E-state index is 10.6. The zero-order valence-electron chi connectivity index (χ0n) is 18.8. The third kappa shape index (κ3) is 11.6. The SMILES string of the molecule is COCCN1CCN(CC2CCOC2)Cc2cccnc21.O=C(O)C(F)(F)F.O=C(O)C(F)(F)F. The Kier molecular flexibility index (Phi) is 12.2. The van der Waals surface area contributed by atoms with E-state index in [1.165, 1.54) is 12.0 Å². The molecule has 1 unspecified atom stereocenters. The molecule has 2 aliphatic rings. The summed E-state index contributed by atoms with van der Waals surface area (Å²) < 4.78 is 74.2. The van der Waals surface area contributed by atoms with Crippen molar-refractivity contribution in [2.75, 3.05) is 58.0 Å². The largest absolute Gasteiger partial charge is 0.490 e. The molecule has 0 bridgehead atoms. The molecular weight excluding hydrogens is 492 g/mol. The van der Waals surface area contributed by atoms with Gasteiger partial charge in [0.15, 0.2) is 0 Å². The van der Waals surface area contributed by atoms with Crippen LogP contribution in [0.25, 0.3) is 0 Å². The highest BCUT2D eigenvalue weighted by Gasteiger charge is 2.38. The van der Waals surface area contributed by atoms with Gasteiger partial charge in [0.25, 0.3) is 0 Å². The van der Waals surface area contributed by atoms with E-state index in [2.05, 4.69) is 20.9 Å². The number of methoxy groups -OCH3 is 1. The zero-order valence-corrected chi connectivity index (χ0v) is 18.8. The molecule has 0 radical (unpaired) electrons. The van der Waals surface area contributed by atoms with Gasteiger partial charge in [0, 0.05) is 58.2 Å². The van der Waals surface area contributed by atoms with Crippen molar-refractivity contribution in [3.8, 4) is 0 Å². The van der Waals surface area contributed by atoms with Gasteiger partial charge in [0.2, 0.25) is 0 Å². The number of aliphatic carboxylic acids is 2. The van der Waals surface area contributed by atoms with Gasteiger partial charge in [-0.05, 0) is 18.4 Å². The number of ether oxygens (including phenoxy) is 2. The fourth-order valence-electron chi connectivity index (χ4n) is 3.19. The van der Waals surface area contributed by atoms with Gasteiger partial charge in [-0.1, -0.05) is 6.07 Å². The van der Waals surface area contributed by atoms with Gasteiger partial charge in [-0.15, -0.1) is 0 Å². The minimum absolute atomic E-state index is 0.690. The molecule has 3 rings (SSSR count). The van der Waals surface area contributed by atoms with Crippen molar-refractivity contribution in [1.82, 2.24) is 9.88 Å². The first kappa shape index (κ1) is 30.4. The molecule has 0 aliphatic carbocycles. The lowest BCUT2D eigenvalue weighted by atomic mass is 10.1. The van der Waals surface area contributed by atoms with Crippen LogP contribution in [0.15, 0.2) is 18.3 Å². The number of nitrogens with zero attached hydrogens (tertiary/aromatic N) is 3. The predicted octanol–water partition coefficient (Wildman–Crippen LogP) is 2.65. The van der Waals surface area contributed by atoms with Crippen molar-refractivity contribution in [2.24, 2.45) is 5.92 Å². The molecule has 3 heterocycles. The summed E-state index contributed by atoms with van der Waals surface area (Å²) in [5.74, 6) is -3.70. The second-order valence-corrected chi connectivity index (χ2v) is 7.54. The third-order valence-electron chi connectivity index (χ3n) is 4.84. The van der Waals surface area contributed by atoms with Crippen LogP contribution in [0.1, 0.15) is 12.0 Å². The number of carbonyl (C=O) groups is 2. The van der Waals surface area contributed by atoms with Crippen LogP contribution in [0, 0.1) is 5.92 Å². The van der Waals surface area contributed by atoms with Gasteiger partial charge in [0.1, 0.15) is 5.82 Å². The molecule has 9 nitrogen and oxygen atoms in total. The Morgan fingerprint density at radius 3 is 2.23 bits per heavy atom. The van der Waals surface area contributed by atoms with Gasteiger partial charge in [-0.2, -0.15) is 26.3 Å². The second kappa shape index (κ2) is 14.0. The highest BCUT2D eigenvalue weighted by atomic mass is 19.4. The van der Waals surface area contributed by atoms with Crippen LogP contribution in [0.4, 0.5) is 32.2 Å². The van der Waals surface area contributed by atoms with Gasteiger partial charge >= 0.3 is 24.3 Å². The fourth-order valence-corrected chi connectivity index (χ4v) is 3.19. The normalized spacial score (nSPS) is 18.4. The van der Waals surface area contributed by atoms with Crippen molar-refractivity contribution in [3.63, 3.8) is 0 Å². The number of alkyl halides is 6. The first-order chi connectivity index (χ1) is 16.3. The number of rotatable bonds is 5. The molecule has 0 saturated carbocycles. The van der Waals surface area contributed by atoms with E-state index in [1.54, 1.807) is 7.11 Å². The molecule has 2 aliphatic heterocycles. The molecule has 15 heteroatoms. The molecule has 1 saturated heterocycles. The fraction of sp³-hybridized carbons (Fsp3) is 0.650. The number of aromatic nitrogens is 1. The standard InChI is InChI=1S/C16H25N3O2.2C2HF3O2/c1-20-10-8-19-7-6-18(11-14-4-9-21-13-14)12-15-3-2-5-17-16(15)19;2*3-2(4,5)1(6)7/h2-3,5,14H,4,6-13H2,1H3;2*(H,6,7). The van der Waals surface area contributed by atoms with E-state index in [0.717, 1.165) is 58.4 Å². The molecule has 200 valence electrons. The highest BCUT2D eigenvalue weighted by molar-refractivity contribution is 5.73. The molecule has 1 fully saturated rings. The van der Waals surface area contributed by atoms with Crippen LogP contribution >= 0.6 is 0 Å². The lowest BCUT2D eigenvalue weighted by Gasteiger charge is -2.24. The van der Waals surface area contributed by atoms with E-state index < -0.39 is 24.3 Å². The number of carboxylic acid groups (broad SMARTS) is 2. The van der Waals surface area contributed by atoms with Crippen molar-refractivity contribution >= 4 is 17.8 Å². The Labute approximate surface area is 197 Å². The summed E-state index contributed by atoms with van der Waals surface area (Å²) >= 11 is 0. The van der Waals surface area contributed by atoms with Crippen molar-refractivity contribution < 1.29 is 55.6 Å². The van der Waals surface area contributed by atoms with Gasteiger partial charge < -0.3 is 24.6 Å². The van der Waals surface area contributed by atoms with Gasteiger partial charge in [0.05, 0.1) is 13.2 Å². The molecule has 2 N–H and O–H groups in total. The van der Waals surface area contributed by atoms with Gasteiger partial charge in [-0.3, -0.25) is 4.90 Å². The summed E-state index contributed by atoms with van der Waals surface area (Å²) in [7, 11) is 1.75. The van der Waals surface area contributed by atoms with Crippen LogP contribution in [0.3, 0.4) is 0 Å². The molecule has 1 aromatic heterocycles. The molecule has 0 aromatic carbocycles. The van der Waals surface area contributed by atoms with Crippen molar-refractivity contribution in [2.45, 2.75) is 25.3 Å². The number of pyridine rings is 1. The van der Waals surface area contributed by atoms with E-state index in [-0.39, 0.29) is 0 Å². The molecule has 0 spiro atoms. The Morgan fingerprint density at radius 2 is 1.74 bits per heavy atom. The number of hydrogen-bond donors (Lipinski definition) is 2. The lowest BCUT2D eigenvalue weighted by Crippen LogP contribution is -2.35. The highest BCUT2D eigenvalue weighted by Crippen LogP contribution is 2.24. The minimum Gasteiger partial charge on any atom is -0.475 e. The summed E-state index contributed by atoms with van der Waals surface area (Å²) in [4.78, 5) is 27.3. The van der Waals surface area contributed by atoms with E-state index in [4.69, 9.17) is 29.3 Å². The summed E-state index contributed by atoms with van der Waals surface area (Å²) in [6.07, 6.45) is -7.08. The van der Waals surface area contributed by atoms with Crippen molar-refractivity contribution in [3.05, 3.63) is 23.9 Å². The number of carboxylic acids is 2. The van der Waals surface area contributed by atoms with E-state index >= 15 is 0 Å². The topological polar surface area (TPSA) is 112 Å². The summed E-state index contributed by atoms with van der Waals surface area (Å²) in [6, 6.07) is 4.24. The number of hydrogen-bond acceptors (Lipinski definition) is 7. The summed E-state index contributed by atoms with van der Waals surface area (Å²) in [5.41, 5.74) is 1.32. The van der Waals surface area contributed by atoms with Crippen molar-refractivity contribution in [1.29, 1.82) is 0 Å². The smallest absolute Gasteiger partial charge is 0.475 e. The Hall–Kier alpha value is -2.65. The minimum atomic E-state index is -5.08. The lowest BCUT2D eigenvalue weighted by molar-refractivity contribution is -0.193. The molecule has 35 heavy (non-hydrogen) atoms. The maximum atomic E-state index is 10.6. The third-order valence-corrected chi connectivity index (χ3v) is 4.84. The average Bonchev–Trinajstić information content (AvgIpc) is 3.20. The van der Waals surface area contributed by atoms with Crippen LogP contribution in [0.2, 0.25) is 0 Å². The quantitative estimate of drug-likeness (QED) is 0.567. The number of fused-ring (bicyclic) bond motifs is 1. The average molecular weight is 519 g/mol. The monoisotopic (exact) mass is 519 g/mol. The van der Waals surface area contributed by atoms with Crippen LogP contribution in [-0.2, 0) is 25.6 Å². The van der Waals surface area contributed by atoms with E-state index in [9.17, 15) is 26.3 Å². The summed E-state index contributed by atoms with van der Waals surface area (Å²) in [5, 5.41) is 14.2. The van der Waals surface area contributed by atoms with Crippen LogP contribution in [-0.4, -0.2) is 97.5 Å². The zero-order chi connectivity index (χ0) is 26.6. The molecular formula is C20H27F6N3O6. The Balaban J connectivity index is 0.000000362. The second-order valence-electron chi connectivity index (χ2n) is 7.54. The molecule has 1 atom stereocenters. The van der Waals surface area contributed by atoms with Crippen LogP contribution in [0.5, 0.6) is 0 Å². The van der Waals surface area contributed by atoms with E-state index in [1.807, 2.05) is 12.3 Å². The summed E-state index contributed by atoms with van der Waals surface area (Å²) in [6.45, 7) is 7.71. The van der Waals surface area contributed by atoms with Crippen LogP contribution < -0.4 is 4.90 Å².